The number of halogens is 2. The number of nitrogens with zero attached hydrogens (tertiary/aromatic N) is 4. The molecule has 0 saturated carbocycles. The van der Waals surface area contributed by atoms with Crippen molar-refractivity contribution in [2.24, 2.45) is 0 Å². The van der Waals surface area contributed by atoms with E-state index in [0.717, 1.165) is 22.3 Å². The summed E-state index contributed by atoms with van der Waals surface area (Å²) in [5.74, 6) is -0.849. The number of hydrogen-bond donors (Lipinski definition) is 2. The summed E-state index contributed by atoms with van der Waals surface area (Å²) in [7, 11) is 1.35. The van der Waals surface area contributed by atoms with Crippen LogP contribution in [0.3, 0.4) is 0 Å². The van der Waals surface area contributed by atoms with E-state index in [0.29, 0.717) is 23.4 Å². The zero-order valence-corrected chi connectivity index (χ0v) is 15.8. The minimum atomic E-state index is -0.571. The quantitative estimate of drug-likeness (QED) is 0.485. The molecule has 0 aromatic carbocycles. The SMILES string of the molecule is COc1ncc(CNc2ccc(Cc3c[nH]c4ncnc(C)c34)c(F)n2)cc1F. The first kappa shape index (κ1) is 18.7. The highest BCUT2D eigenvalue weighted by atomic mass is 19.1. The van der Waals surface area contributed by atoms with E-state index in [2.05, 4.69) is 30.2 Å². The summed E-state index contributed by atoms with van der Waals surface area (Å²) in [6.45, 7) is 2.14. The molecule has 4 aromatic rings. The summed E-state index contributed by atoms with van der Waals surface area (Å²) in [5.41, 5.74) is 3.50. The molecule has 0 fully saturated rings. The second-order valence-electron chi connectivity index (χ2n) is 6.51. The first-order valence-electron chi connectivity index (χ1n) is 8.90. The van der Waals surface area contributed by atoms with Gasteiger partial charge >= 0.3 is 0 Å². The molecule has 0 aliphatic carbocycles. The molecule has 4 aromatic heterocycles. The molecule has 0 radical (unpaired) electrons. The fraction of sp³-hybridized carbons (Fsp3) is 0.200. The molecule has 7 nitrogen and oxygen atoms in total. The molecule has 9 heteroatoms. The Morgan fingerprint density at radius 3 is 2.76 bits per heavy atom. The van der Waals surface area contributed by atoms with Crippen molar-refractivity contribution in [3.05, 3.63) is 71.1 Å². The van der Waals surface area contributed by atoms with Gasteiger partial charge in [-0.25, -0.2) is 24.3 Å². The van der Waals surface area contributed by atoms with E-state index in [1.807, 2.05) is 13.1 Å². The maximum absolute atomic E-state index is 14.5. The van der Waals surface area contributed by atoms with Crippen molar-refractivity contribution < 1.29 is 13.5 Å². The topological polar surface area (TPSA) is 88.6 Å². The van der Waals surface area contributed by atoms with Crippen molar-refractivity contribution >= 4 is 16.9 Å². The molecule has 148 valence electrons. The third kappa shape index (κ3) is 3.84. The number of methoxy groups -OCH3 is 1. The normalized spacial score (nSPS) is 11.0. The van der Waals surface area contributed by atoms with Crippen molar-refractivity contribution in [3.8, 4) is 5.88 Å². The van der Waals surface area contributed by atoms with E-state index in [4.69, 9.17) is 4.74 Å². The number of fused-ring (bicyclic) bond motifs is 1. The van der Waals surface area contributed by atoms with Gasteiger partial charge in [0, 0.05) is 36.3 Å². The standard InChI is InChI=1S/C20H18F2N6O/c1-11-17-14(9-24-19(17)27-10-26-11)6-13-3-4-16(28-18(13)22)23-7-12-5-15(21)20(29-2)25-8-12/h3-5,8-10H,6-7H2,1-2H3,(H,23,28)(H,24,26,27). The van der Waals surface area contributed by atoms with Gasteiger partial charge in [-0.3, -0.25) is 0 Å². The van der Waals surface area contributed by atoms with Gasteiger partial charge in [-0.1, -0.05) is 6.07 Å². The Labute approximate surface area is 165 Å². The van der Waals surface area contributed by atoms with E-state index >= 15 is 0 Å². The largest absolute Gasteiger partial charge is 0.479 e. The Bertz CT molecular complexity index is 1180. The van der Waals surface area contributed by atoms with Crippen molar-refractivity contribution in [3.63, 3.8) is 0 Å². The van der Waals surface area contributed by atoms with Crippen molar-refractivity contribution in [2.45, 2.75) is 19.9 Å². The molecular weight excluding hydrogens is 378 g/mol. The molecule has 0 bridgehead atoms. The average molecular weight is 396 g/mol. The van der Waals surface area contributed by atoms with Crippen LogP contribution in [0.4, 0.5) is 14.6 Å². The third-order valence-electron chi connectivity index (χ3n) is 4.58. The first-order chi connectivity index (χ1) is 14.0. The summed E-state index contributed by atoms with van der Waals surface area (Å²) in [6.07, 6.45) is 5.15. The lowest BCUT2D eigenvalue weighted by Crippen LogP contribution is -2.05. The van der Waals surface area contributed by atoms with Crippen molar-refractivity contribution in [1.82, 2.24) is 24.9 Å². The van der Waals surface area contributed by atoms with Crippen LogP contribution in [-0.4, -0.2) is 32.0 Å². The van der Waals surface area contributed by atoms with Crippen LogP contribution >= 0.6 is 0 Å². The van der Waals surface area contributed by atoms with Crippen molar-refractivity contribution in [1.29, 1.82) is 0 Å². The minimum Gasteiger partial charge on any atom is -0.479 e. The number of aryl methyl sites for hydroxylation is 1. The lowest BCUT2D eigenvalue weighted by Gasteiger charge is -2.09. The summed E-state index contributed by atoms with van der Waals surface area (Å²) < 4.78 is 33.1. The summed E-state index contributed by atoms with van der Waals surface area (Å²) in [6, 6.07) is 4.67. The van der Waals surface area contributed by atoms with Gasteiger partial charge in [0.25, 0.3) is 0 Å². The molecule has 0 saturated heterocycles. The second kappa shape index (κ2) is 7.78. The fourth-order valence-electron chi connectivity index (χ4n) is 3.14. The van der Waals surface area contributed by atoms with Gasteiger partial charge in [0.05, 0.1) is 12.8 Å². The number of anilines is 1. The summed E-state index contributed by atoms with van der Waals surface area (Å²) >= 11 is 0. The van der Waals surface area contributed by atoms with E-state index in [-0.39, 0.29) is 12.4 Å². The number of nitrogens with one attached hydrogen (secondary N) is 2. The van der Waals surface area contributed by atoms with Gasteiger partial charge in [0.15, 0.2) is 5.82 Å². The molecule has 4 rings (SSSR count). The van der Waals surface area contributed by atoms with Crippen LogP contribution in [0.5, 0.6) is 5.88 Å². The first-order valence-corrected chi connectivity index (χ1v) is 8.90. The average Bonchev–Trinajstić information content (AvgIpc) is 3.12. The number of pyridine rings is 2. The molecule has 4 heterocycles. The van der Waals surface area contributed by atoms with Gasteiger partial charge in [-0.05, 0) is 30.2 Å². The van der Waals surface area contributed by atoms with Gasteiger partial charge in [0.1, 0.15) is 17.8 Å². The summed E-state index contributed by atoms with van der Waals surface area (Å²) in [4.78, 5) is 19.3. The minimum absolute atomic E-state index is 0.0693. The third-order valence-corrected chi connectivity index (χ3v) is 4.58. The van der Waals surface area contributed by atoms with Crippen LogP contribution < -0.4 is 10.1 Å². The van der Waals surface area contributed by atoms with Gasteiger partial charge in [-0.15, -0.1) is 0 Å². The number of aromatic nitrogens is 5. The lowest BCUT2D eigenvalue weighted by atomic mass is 10.1. The van der Waals surface area contributed by atoms with Gasteiger partial charge < -0.3 is 15.0 Å². The number of aromatic amines is 1. The molecule has 0 amide bonds. The monoisotopic (exact) mass is 396 g/mol. The Morgan fingerprint density at radius 2 is 2.00 bits per heavy atom. The Morgan fingerprint density at radius 1 is 1.14 bits per heavy atom. The highest BCUT2D eigenvalue weighted by molar-refractivity contribution is 5.82. The van der Waals surface area contributed by atoms with Gasteiger partial charge in [0.2, 0.25) is 11.8 Å². The zero-order valence-electron chi connectivity index (χ0n) is 15.8. The van der Waals surface area contributed by atoms with E-state index in [9.17, 15) is 8.78 Å². The van der Waals surface area contributed by atoms with Gasteiger partial charge in [-0.2, -0.15) is 4.39 Å². The molecule has 0 aliphatic rings. The maximum atomic E-state index is 14.5. The predicted octanol–water partition coefficient (Wildman–Crippen LogP) is 3.55. The van der Waals surface area contributed by atoms with E-state index < -0.39 is 11.8 Å². The number of ether oxygens (including phenoxy) is 1. The van der Waals surface area contributed by atoms with Crippen LogP contribution in [0, 0.1) is 18.7 Å². The molecule has 2 N–H and O–H groups in total. The van der Waals surface area contributed by atoms with E-state index in [1.54, 1.807) is 12.1 Å². The van der Waals surface area contributed by atoms with Crippen LogP contribution in [0.1, 0.15) is 22.4 Å². The van der Waals surface area contributed by atoms with Crippen LogP contribution in [0.25, 0.3) is 11.0 Å². The van der Waals surface area contributed by atoms with Crippen LogP contribution in [0.2, 0.25) is 0 Å². The Hall–Kier alpha value is -3.62. The molecule has 29 heavy (non-hydrogen) atoms. The molecular formula is C20H18F2N6O. The Kier molecular flexibility index (Phi) is 5.03. The molecule has 0 spiro atoms. The Balaban J connectivity index is 1.48. The molecule has 0 atom stereocenters. The second-order valence-corrected chi connectivity index (χ2v) is 6.51. The molecule has 0 unspecified atom stereocenters. The summed E-state index contributed by atoms with van der Waals surface area (Å²) in [5, 5.41) is 3.86. The number of rotatable bonds is 6. The van der Waals surface area contributed by atoms with Crippen LogP contribution in [-0.2, 0) is 13.0 Å². The smallest absolute Gasteiger partial charge is 0.250 e. The highest BCUT2D eigenvalue weighted by Crippen LogP contribution is 2.23. The predicted molar refractivity (Wildman–Crippen MR) is 104 cm³/mol. The number of hydrogen-bond acceptors (Lipinski definition) is 6. The lowest BCUT2D eigenvalue weighted by molar-refractivity contribution is 0.368. The van der Waals surface area contributed by atoms with Crippen molar-refractivity contribution in [2.75, 3.05) is 12.4 Å². The maximum Gasteiger partial charge on any atom is 0.250 e. The zero-order chi connectivity index (χ0) is 20.4. The molecule has 0 aliphatic heterocycles. The number of H-pyrrole nitrogens is 1. The fourth-order valence-corrected chi connectivity index (χ4v) is 3.14. The van der Waals surface area contributed by atoms with Crippen LogP contribution in [0.15, 0.2) is 36.9 Å². The highest BCUT2D eigenvalue weighted by Gasteiger charge is 2.13. The van der Waals surface area contributed by atoms with E-state index in [1.165, 1.54) is 25.7 Å².